The molecular weight excluding hydrogens is 440 g/mol. The number of carbonyl (C=O) groups is 1. The van der Waals surface area contributed by atoms with Crippen molar-refractivity contribution in [2.75, 3.05) is 23.3 Å². The normalized spacial score (nSPS) is 14.4. The van der Waals surface area contributed by atoms with E-state index in [4.69, 9.17) is 4.74 Å². The second-order valence-corrected chi connectivity index (χ2v) is 8.43. The van der Waals surface area contributed by atoms with E-state index in [0.717, 1.165) is 22.4 Å². The van der Waals surface area contributed by atoms with Crippen LogP contribution in [-0.4, -0.2) is 29.0 Å². The van der Waals surface area contributed by atoms with Gasteiger partial charge in [0.25, 0.3) is 0 Å². The molecule has 0 saturated carbocycles. The minimum Gasteiger partial charge on any atom is -0.457 e. The molecule has 3 N–H and O–H groups in total. The van der Waals surface area contributed by atoms with Gasteiger partial charge in [0, 0.05) is 29.9 Å². The van der Waals surface area contributed by atoms with E-state index in [9.17, 15) is 13.6 Å². The summed E-state index contributed by atoms with van der Waals surface area (Å²) in [4.78, 5) is 25.9. The molecule has 0 unspecified atom stereocenters. The first-order valence-electron chi connectivity index (χ1n) is 11.1. The van der Waals surface area contributed by atoms with Crippen molar-refractivity contribution in [3.63, 3.8) is 0 Å². The highest BCUT2D eigenvalue weighted by Gasteiger charge is 2.30. The third kappa shape index (κ3) is 4.54. The third-order valence-corrected chi connectivity index (χ3v) is 6.06. The highest BCUT2D eigenvalue weighted by Crippen LogP contribution is 2.29. The van der Waals surface area contributed by atoms with Crippen molar-refractivity contribution in [1.82, 2.24) is 9.97 Å². The van der Waals surface area contributed by atoms with Crippen LogP contribution in [0.15, 0.2) is 55.0 Å². The molecule has 7 nitrogen and oxygen atoms in total. The Hall–Kier alpha value is -4.01. The lowest BCUT2D eigenvalue weighted by molar-refractivity contribution is -0.367. The molecule has 1 amide bonds. The second-order valence-electron chi connectivity index (χ2n) is 8.43. The van der Waals surface area contributed by atoms with Crippen LogP contribution >= 0.6 is 0 Å². The third-order valence-electron chi connectivity index (χ3n) is 6.06. The van der Waals surface area contributed by atoms with Crippen LogP contribution in [-0.2, 0) is 4.79 Å². The van der Waals surface area contributed by atoms with Crippen molar-refractivity contribution >= 4 is 28.4 Å². The monoisotopic (exact) mass is 464 g/mol. The number of benzene rings is 2. The molecule has 1 aliphatic rings. The maximum atomic E-state index is 14.2. The summed E-state index contributed by atoms with van der Waals surface area (Å²) in [5.74, 6) is 0.316. The number of nitrogens with zero attached hydrogens (tertiary/aromatic N) is 2. The van der Waals surface area contributed by atoms with Gasteiger partial charge >= 0.3 is 0 Å². The van der Waals surface area contributed by atoms with Gasteiger partial charge < -0.3 is 15.0 Å². The largest absolute Gasteiger partial charge is 0.457 e. The number of ether oxygens (including phenoxy) is 1. The number of anilines is 2. The molecule has 1 aliphatic heterocycles. The van der Waals surface area contributed by atoms with Crippen molar-refractivity contribution in [3.05, 3.63) is 72.2 Å². The first-order valence-corrected chi connectivity index (χ1v) is 11.1. The second kappa shape index (κ2) is 9.09. The lowest BCUT2D eigenvalue weighted by atomic mass is 9.95. The summed E-state index contributed by atoms with van der Waals surface area (Å²) in [7, 11) is 0. The Labute approximate surface area is 194 Å². The summed E-state index contributed by atoms with van der Waals surface area (Å²) < 4.78 is 32.9. The van der Waals surface area contributed by atoms with Crippen LogP contribution < -0.4 is 19.9 Å². The summed E-state index contributed by atoms with van der Waals surface area (Å²) in [6, 6.07) is 9.45. The summed E-state index contributed by atoms with van der Waals surface area (Å²) >= 11 is 0. The Morgan fingerprint density at radius 3 is 2.65 bits per heavy atom. The van der Waals surface area contributed by atoms with Crippen LogP contribution in [0.3, 0.4) is 0 Å². The Morgan fingerprint density at radius 1 is 1.12 bits per heavy atom. The van der Waals surface area contributed by atoms with Crippen LogP contribution in [0, 0.1) is 24.5 Å². The predicted molar refractivity (Wildman–Crippen MR) is 124 cm³/mol. The summed E-state index contributed by atoms with van der Waals surface area (Å²) in [5.41, 5.74) is 2.26. The van der Waals surface area contributed by atoms with E-state index < -0.39 is 5.82 Å². The number of aromatic amines is 2. The fourth-order valence-electron chi connectivity index (χ4n) is 4.33. The zero-order valence-electron chi connectivity index (χ0n) is 18.6. The number of carbonyl (C=O) groups excluding carboxylic acids is 1. The highest BCUT2D eigenvalue weighted by molar-refractivity contribution is 5.93. The van der Waals surface area contributed by atoms with Crippen LogP contribution in [0.25, 0.3) is 11.0 Å². The van der Waals surface area contributed by atoms with Crippen molar-refractivity contribution in [2.24, 2.45) is 5.92 Å². The molecule has 34 heavy (non-hydrogen) atoms. The van der Waals surface area contributed by atoms with Gasteiger partial charge in [-0.15, -0.1) is 0 Å². The zero-order chi connectivity index (χ0) is 23.7. The number of aromatic nitrogens is 3. The average Bonchev–Trinajstić information content (AvgIpc) is 3.21. The molecule has 2 aromatic heterocycles. The molecule has 1 fully saturated rings. The number of halogens is 2. The molecule has 0 atom stereocenters. The average molecular weight is 464 g/mol. The molecule has 0 aliphatic carbocycles. The fourth-order valence-corrected chi connectivity index (χ4v) is 4.33. The molecular formula is C25H24F2N5O2+. The molecule has 0 spiro atoms. The summed E-state index contributed by atoms with van der Waals surface area (Å²) in [6.45, 7) is 3.45. The van der Waals surface area contributed by atoms with Crippen LogP contribution in [0.4, 0.5) is 20.3 Å². The SMILES string of the molecule is Cc1c[nH]c2nc[nH+]c(N3CCC(C(=O)Nc4cc(F)cc(Oc5ccc(F)cc5)c4)CC3)c12. The molecule has 4 aromatic rings. The Morgan fingerprint density at radius 2 is 1.88 bits per heavy atom. The fraction of sp³-hybridized carbons (Fsp3) is 0.240. The number of fused-ring (bicyclic) bond motifs is 1. The van der Waals surface area contributed by atoms with Gasteiger partial charge in [0.1, 0.15) is 28.5 Å². The molecule has 2 aromatic carbocycles. The molecule has 9 heteroatoms. The molecule has 0 bridgehead atoms. The number of rotatable bonds is 5. The number of amides is 1. The zero-order valence-corrected chi connectivity index (χ0v) is 18.6. The minimum absolute atomic E-state index is 0.153. The first kappa shape index (κ1) is 21.8. The van der Waals surface area contributed by atoms with E-state index in [1.165, 1.54) is 36.4 Å². The molecule has 5 rings (SSSR count). The highest BCUT2D eigenvalue weighted by atomic mass is 19.1. The van der Waals surface area contributed by atoms with E-state index in [1.807, 2.05) is 13.1 Å². The lowest BCUT2D eigenvalue weighted by Gasteiger charge is -2.28. The van der Waals surface area contributed by atoms with Crippen molar-refractivity contribution < 1.29 is 23.3 Å². The standard InChI is InChI=1S/C25H23F2N5O2/c1-15-13-28-23-22(15)24(30-14-29-23)32-8-6-16(7-9-32)25(33)31-19-10-18(27)11-21(12-19)34-20-4-2-17(26)3-5-20/h2-5,10-14,16H,6-9H2,1H3,(H,31,33)(H,28,29,30)/p+1. The first-order chi connectivity index (χ1) is 16.5. The van der Waals surface area contributed by atoms with Gasteiger partial charge in [-0.1, -0.05) is 4.98 Å². The molecule has 3 heterocycles. The maximum absolute atomic E-state index is 14.2. The quantitative estimate of drug-likeness (QED) is 0.452. The van der Waals surface area contributed by atoms with Gasteiger partial charge in [0.2, 0.25) is 23.7 Å². The summed E-state index contributed by atoms with van der Waals surface area (Å²) in [5, 5.41) is 3.87. The maximum Gasteiger partial charge on any atom is 0.234 e. The minimum atomic E-state index is -0.538. The van der Waals surface area contributed by atoms with E-state index in [0.29, 0.717) is 37.4 Å². The number of hydrogen-bond donors (Lipinski definition) is 2. The van der Waals surface area contributed by atoms with Crippen molar-refractivity contribution in [1.29, 1.82) is 0 Å². The topological polar surface area (TPSA) is 84.4 Å². The van der Waals surface area contributed by atoms with E-state index in [-0.39, 0.29) is 23.4 Å². The van der Waals surface area contributed by atoms with Crippen LogP contribution in [0.2, 0.25) is 0 Å². The Bertz CT molecular complexity index is 1330. The van der Waals surface area contributed by atoms with E-state index >= 15 is 0 Å². The number of hydrogen-bond acceptors (Lipinski definition) is 4. The number of H-pyrrole nitrogens is 2. The Balaban J connectivity index is 1.23. The van der Waals surface area contributed by atoms with Crippen molar-refractivity contribution in [3.8, 4) is 11.5 Å². The van der Waals surface area contributed by atoms with Gasteiger partial charge in [-0.05, 0) is 55.7 Å². The molecule has 1 saturated heterocycles. The van der Waals surface area contributed by atoms with Gasteiger partial charge in [-0.25, -0.2) is 13.8 Å². The van der Waals surface area contributed by atoms with E-state index in [1.54, 1.807) is 12.4 Å². The van der Waals surface area contributed by atoms with Crippen LogP contribution in [0.5, 0.6) is 11.5 Å². The van der Waals surface area contributed by atoms with Crippen molar-refractivity contribution in [2.45, 2.75) is 19.8 Å². The Kier molecular flexibility index (Phi) is 5.83. The van der Waals surface area contributed by atoms with Gasteiger partial charge in [0.15, 0.2) is 0 Å². The van der Waals surface area contributed by atoms with Gasteiger partial charge in [0.05, 0.1) is 13.1 Å². The van der Waals surface area contributed by atoms with Crippen LogP contribution in [0.1, 0.15) is 18.4 Å². The number of piperidine rings is 1. The number of nitrogens with one attached hydrogen (secondary N) is 3. The molecule has 0 radical (unpaired) electrons. The smallest absolute Gasteiger partial charge is 0.234 e. The van der Waals surface area contributed by atoms with Gasteiger partial charge in [-0.3, -0.25) is 9.69 Å². The van der Waals surface area contributed by atoms with Gasteiger partial charge in [-0.2, -0.15) is 0 Å². The predicted octanol–water partition coefficient (Wildman–Crippen LogP) is 4.61. The number of aryl methyl sites for hydroxylation is 1. The summed E-state index contributed by atoms with van der Waals surface area (Å²) in [6.07, 6.45) is 4.94. The lowest BCUT2D eigenvalue weighted by Crippen LogP contribution is -2.40. The molecule has 174 valence electrons. The van der Waals surface area contributed by atoms with E-state index in [2.05, 4.69) is 25.2 Å².